The van der Waals surface area contributed by atoms with Crippen LogP contribution in [0.1, 0.15) is 26.6 Å². The summed E-state index contributed by atoms with van der Waals surface area (Å²) in [4.78, 5) is 23.8. The third-order valence-electron chi connectivity index (χ3n) is 6.82. The minimum absolute atomic E-state index is 0.163. The van der Waals surface area contributed by atoms with Crippen LogP contribution in [-0.2, 0) is 5.41 Å². The zero-order valence-electron chi connectivity index (χ0n) is 19.6. The summed E-state index contributed by atoms with van der Waals surface area (Å²) >= 11 is 0. The Balaban J connectivity index is 1.46. The first-order valence-corrected chi connectivity index (χ1v) is 11.4. The summed E-state index contributed by atoms with van der Waals surface area (Å²) in [6.07, 6.45) is 3.26. The quantitative estimate of drug-likeness (QED) is 0.421. The number of fused-ring (bicyclic) bond motifs is 4. The van der Waals surface area contributed by atoms with E-state index in [-0.39, 0.29) is 23.3 Å². The van der Waals surface area contributed by atoms with Crippen molar-refractivity contribution in [3.05, 3.63) is 36.2 Å². The van der Waals surface area contributed by atoms with Gasteiger partial charge in [0.05, 0.1) is 29.0 Å². The van der Waals surface area contributed by atoms with Gasteiger partial charge in [-0.05, 0) is 24.0 Å². The molecule has 2 unspecified atom stereocenters. The predicted molar refractivity (Wildman–Crippen MR) is 129 cm³/mol. The van der Waals surface area contributed by atoms with Crippen LogP contribution in [0.5, 0.6) is 11.8 Å². The molecule has 0 bridgehead atoms. The molecular formula is C24H27FN8O. The first kappa shape index (κ1) is 21.0. The highest BCUT2D eigenvalue weighted by Crippen LogP contribution is 2.47. The lowest BCUT2D eigenvalue weighted by atomic mass is 9.96. The largest absolute Gasteiger partial charge is 0.421 e. The van der Waals surface area contributed by atoms with Gasteiger partial charge in [0.2, 0.25) is 0 Å². The molecule has 1 saturated carbocycles. The molecular weight excluding hydrogens is 435 g/mol. The monoisotopic (exact) mass is 462 g/mol. The number of ether oxygens (including phenoxy) is 1. The van der Waals surface area contributed by atoms with Crippen molar-refractivity contribution in [2.24, 2.45) is 17.6 Å². The summed E-state index contributed by atoms with van der Waals surface area (Å²) in [6, 6.07) is 3.40. The number of rotatable bonds is 4. The van der Waals surface area contributed by atoms with Crippen LogP contribution in [0.3, 0.4) is 0 Å². The number of anilines is 2. The minimum atomic E-state index is -0.327. The fourth-order valence-electron chi connectivity index (χ4n) is 4.90. The van der Waals surface area contributed by atoms with Gasteiger partial charge in [0.1, 0.15) is 23.1 Å². The molecule has 6 rings (SSSR count). The number of halogens is 1. The second kappa shape index (κ2) is 7.23. The van der Waals surface area contributed by atoms with Crippen LogP contribution in [0.4, 0.5) is 15.9 Å². The zero-order valence-corrected chi connectivity index (χ0v) is 19.6. The highest BCUT2D eigenvalue weighted by atomic mass is 19.1. The number of nitrogens with zero attached hydrogens (tertiary/aromatic N) is 5. The second-order valence-corrected chi connectivity index (χ2v) is 10.2. The lowest BCUT2D eigenvalue weighted by molar-refractivity contribution is 0.435. The SMILES string of the molecule is CNc1cc(F)cc2c1[nH]c1nc(Oc3cnc(C(C)(C)C)nc3)nc(N3CC4C(N)C4C3)c12. The van der Waals surface area contributed by atoms with Crippen LogP contribution < -0.4 is 20.7 Å². The standard InChI is InChI=1S/C24H27FN8O/c1-24(2,3)22-28-7-12(8-29-22)34-23-31-20-17(13-5-11(25)6-16(27-4)19(13)30-20)21(32-23)33-9-14-15(10-33)18(14)26/h5-8,14-15,18,27H,9-10,26H2,1-4H3,(H,30,31,32). The molecule has 4 aromatic rings. The Morgan fingerprint density at radius 2 is 1.85 bits per heavy atom. The van der Waals surface area contributed by atoms with E-state index in [4.69, 9.17) is 15.5 Å². The van der Waals surface area contributed by atoms with Crippen molar-refractivity contribution in [3.63, 3.8) is 0 Å². The molecule has 9 nitrogen and oxygen atoms in total. The molecule has 10 heteroatoms. The Morgan fingerprint density at radius 3 is 2.50 bits per heavy atom. The average molecular weight is 463 g/mol. The minimum Gasteiger partial charge on any atom is -0.421 e. The van der Waals surface area contributed by atoms with E-state index >= 15 is 0 Å². The van der Waals surface area contributed by atoms with Gasteiger partial charge in [-0.2, -0.15) is 9.97 Å². The summed E-state index contributed by atoms with van der Waals surface area (Å²) in [5.74, 6) is 2.48. The van der Waals surface area contributed by atoms with Crippen molar-refractivity contribution in [1.29, 1.82) is 0 Å². The second-order valence-electron chi connectivity index (χ2n) is 10.2. The first-order valence-electron chi connectivity index (χ1n) is 11.4. The highest BCUT2D eigenvalue weighted by molar-refractivity contribution is 6.14. The molecule has 176 valence electrons. The normalized spacial score (nSPS) is 21.8. The first-order chi connectivity index (χ1) is 16.2. The van der Waals surface area contributed by atoms with Gasteiger partial charge in [-0.25, -0.2) is 14.4 Å². The van der Waals surface area contributed by atoms with Crippen molar-refractivity contribution in [2.75, 3.05) is 30.4 Å². The highest BCUT2D eigenvalue weighted by Gasteiger charge is 2.54. The maximum absolute atomic E-state index is 14.4. The smallest absolute Gasteiger partial charge is 0.326 e. The zero-order chi connectivity index (χ0) is 23.8. The predicted octanol–water partition coefficient (Wildman–Crippen LogP) is 3.57. The van der Waals surface area contributed by atoms with Gasteiger partial charge in [0.25, 0.3) is 0 Å². The van der Waals surface area contributed by atoms with Gasteiger partial charge < -0.3 is 25.7 Å². The lowest BCUT2D eigenvalue weighted by Gasteiger charge is -2.21. The maximum atomic E-state index is 14.4. The van der Waals surface area contributed by atoms with Crippen LogP contribution in [0.25, 0.3) is 21.9 Å². The van der Waals surface area contributed by atoms with E-state index in [0.29, 0.717) is 34.7 Å². The number of hydrogen-bond acceptors (Lipinski definition) is 8. The van der Waals surface area contributed by atoms with E-state index < -0.39 is 0 Å². The molecule has 4 N–H and O–H groups in total. The molecule has 0 radical (unpaired) electrons. The molecule has 3 aromatic heterocycles. The summed E-state index contributed by atoms with van der Waals surface area (Å²) in [5.41, 5.74) is 8.00. The Labute approximate surface area is 196 Å². The topological polar surface area (TPSA) is 118 Å². The molecule has 2 fully saturated rings. The van der Waals surface area contributed by atoms with Crippen LogP contribution in [-0.4, -0.2) is 51.1 Å². The van der Waals surface area contributed by atoms with Crippen molar-refractivity contribution in [2.45, 2.75) is 32.2 Å². The summed E-state index contributed by atoms with van der Waals surface area (Å²) in [7, 11) is 1.76. The number of nitrogens with one attached hydrogen (secondary N) is 2. The van der Waals surface area contributed by atoms with Gasteiger partial charge in [-0.3, -0.25) is 0 Å². The van der Waals surface area contributed by atoms with Crippen molar-refractivity contribution in [3.8, 4) is 11.8 Å². The fourth-order valence-corrected chi connectivity index (χ4v) is 4.90. The van der Waals surface area contributed by atoms with Gasteiger partial charge in [-0.15, -0.1) is 0 Å². The third-order valence-corrected chi connectivity index (χ3v) is 6.82. The third kappa shape index (κ3) is 3.32. The van der Waals surface area contributed by atoms with Crippen molar-refractivity contribution < 1.29 is 9.13 Å². The Kier molecular flexibility index (Phi) is 4.47. The Hall–Kier alpha value is -3.53. The molecule has 2 atom stereocenters. The summed E-state index contributed by atoms with van der Waals surface area (Å²) < 4.78 is 20.4. The van der Waals surface area contributed by atoms with Gasteiger partial charge in [0, 0.05) is 37.0 Å². The van der Waals surface area contributed by atoms with E-state index in [1.54, 1.807) is 19.4 Å². The number of H-pyrrole nitrogens is 1. The molecule has 0 spiro atoms. The Morgan fingerprint density at radius 1 is 1.15 bits per heavy atom. The van der Waals surface area contributed by atoms with Crippen molar-refractivity contribution >= 4 is 33.4 Å². The average Bonchev–Trinajstić information content (AvgIpc) is 3.14. The van der Waals surface area contributed by atoms with Gasteiger partial charge >= 0.3 is 6.01 Å². The number of aromatic nitrogens is 5. The van der Waals surface area contributed by atoms with E-state index in [0.717, 1.165) is 35.2 Å². The molecule has 1 saturated heterocycles. The molecule has 0 amide bonds. The lowest BCUT2D eigenvalue weighted by Crippen LogP contribution is -2.29. The molecule has 2 aliphatic rings. The molecule has 34 heavy (non-hydrogen) atoms. The molecule has 1 aliphatic heterocycles. The molecule has 1 aromatic carbocycles. The summed E-state index contributed by atoms with van der Waals surface area (Å²) in [5, 5.41) is 4.55. The number of benzene rings is 1. The maximum Gasteiger partial charge on any atom is 0.326 e. The number of hydrogen-bond donors (Lipinski definition) is 3. The number of piperidine rings is 1. The van der Waals surface area contributed by atoms with Crippen LogP contribution in [0.15, 0.2) is 24.5 Å². The van der Waals surface area contributed by atoms with E-state index in [2.05, 4.69) is 50.9 Å². The van der Waals surface area contributed by atoms with Crippen LogP contribution in [0, 0.1) is 17.7 Å². The van der Waals surface area contributed by atoms with E-state index in [1.165, 1.54) is 12.1 Å². The Bertz CT molecular complexity index is 1400. The van der Waals surface area contributed by atoms with Crippen LogP contribution in [0.2, 0.25) is 0 Å². The molecule has 1 aliphatic carbocycles. The van der Waals surface area contributed by atoms with Gasteiger partial charge in [-0.1, -0.05) is 20.8 Å². The number of nitrogens with two attached hydrogens (primary N) is 1. The summed E-state index contributed by atoms with van der Waals surface area (Å²) in [6.45, 7) is 7.77. The van der Waals surface area contributed by atoms with Gasteiger partial charge in [0.15, 0.2) is 5.75 Å². The van der Waals surface area contributed by atoms with E-state index in [9.17, 15) is 4.39 Å². The fraction of sp³-hybridized carbons (Fsp3) is 0.417. The van der Waals surface area contributed by atoms with E-state index in [1.807, 2.05) is 0 Å². The number of aromatic amines is 1. The molecule has 4 heterocycles. The van der Waals surface area contributed by atoms with Crippen molar-refractivity contribution in [1.82, 2.24) is 24.9 Å². The van der Waals surface area contributed by atoms with Crippen LogP contribution >= 0.6 is 0 Å².